The molecule has 0 amide bonds. The van der Waals surface area contributed by atoms with Crippen LogP contribution in [0.15, 0.2) is 24.3 Å². The highest BCUT2D eigenvalue weighted by atomic mass is 33.1. The van der Waals surface area contributed by atoms with Crippen molar-refractivity contribution in [3.8, 4) is 0 Å². The lowest BCUT2D eigenvalue weighted by Gasteiger charge is -2.63. The van der Waals surface area contributed by atoms with E-state index in [0.717, 1.165) is 37.8 Å². The molecule has 0 unspecified atom stereocenters. The topological polar surface area (TPSA) is 78.8 Å². The largest absolute Gasteiger partial charge is 0.391 e. The first-order chi connectivity index (χ1) is 20.7. The average molecular weight is 624 g/mol. The fraction of sp³-hybridized carbons (Fsp3) is 0.806. The number of nitrogens with one attached hydrogen (secondary N) is 1. The lowest BCUT2D eigenvalue weighted by Crippen LogP contribution is -2.60. The quantitative estimate of drug-likeness (QED) is 0.314. The minimum atomic E-state index is -1.04. The van der Waals surface area contributed by atoms with Crippen molar-refractivity contribution in [3.05, 3.63) is 29.8 Å². The first kappa shape index (κ1) is 28.5. The van der Waals surface area contributed by atoms with E-state index in [1.54, 1.807) is 7.11 Å². The smallest absolute Gasteiger partial charge is 0.141 e. The molecule has 7 fully saturated rings. The van der Waals surface area contributed by atoms with Crippen molar-refractivity contribution in [1.82, 2.24) is 0 Å². The van der Waals surface area contributed by atoms with Gasteiger partial charge in [-0.05, 0) is 122 Å². The Bertz CT molecular complexity index is 1340. The van der Waals surface area contributed by atoms with Crippen LogP contribution in [0, 0.1) is 57.7 Å². The van der Waals surface area contributed by atoms with Gasteiger partial charge >= 0.3 is 0 Å². The van der Waals surface area contributed by atoms with Crippen molar-refractivity contribution in [3.63, 3.8) is 0 Å². The van der Waals surface area contributed by atoms with E-state index in [0.29, 0.717) is 41.3 Å². The van der Waals surface area contributed by atoms with Gasteiger partial charge in [-0.25, -0.2) is 0 Å². The van der Waals surface area contributed by atoms with Crippen LogP contribution in [0.5, 0.6) is 0 Å². The number of aliphatic hydroxyl groups excluding tert-OH is 1. The van der Waals surface area contributed by atoms with Crippen LogP contribution in [-0.2, 0) is 16.0 Å². The Morgan fingerprint density at radius 2 is 1.86 bits per heavy atom. The van der Waals surface area contributed by atoms with Crippen molar-refractivity contribution in [2.24, 2.45) is 57.7 Å². The first-order valence-electron chi connectivity index (χ1n) is 17.3. The van der Waals surface area contributed by atoms with Gasteiger partial charge in [-0.15, -0.1) is 0 Å². The zero-order valence-electron chi connectivity index (χ0n) is 26.0. The number of anilines is 1. The lowest BCUT2D eigenvalue weighted by atomic mass is 9.41. The molecule has 8 aliphatic rings. The Morgan fingerprint density at radius 3 is 2.70 bits per heavy atom. The minimum Gasteiger partial charge on any atom is -0.391 e. The maximum atomic E-state index is 13.8. The zero-order valence-corrected chi connectivity index (χ0v) is 27.6. The monoisotopic (exact) mass is 623 g/mol. The lowest BCUT2D eigenvalue weighted by molar-refractivity contribution is -0.193. The van der Waals surface area contributed by atoms with E-state index in [1.807, 2.05) is 10.8 Å². The van der Waals surface area contributed by atoms with Crippen molar-refractivity contribution in [2.75, 3.05) is 18.2 Å². The predicted octanol–water partition coefficient (Wildman–Crippen LogP) is 6.37. The molecular formula is C36H49NO4S2. The van der Waals surface area contributed by atoms with E-state index in [-0.39, 0.29) is 52.1 Å². The standard InChI is InChI=1S/C36H49NO4S2/c1-33-17-23-20-10-11-25-24-18-42-43-28-9-5-8-26(38)32(28)37-22-7-4-6-19(13-22)12-21(24)16-35(25,15-20)34(33,2)30(23)31-27(39)14-29(41-3)36(31,33)40/h4,6-7,13,20-21,23-26,28-32,37-38,40H,5,8-12,14-18H2,1-3H3/t20-,21+,23+,24+,25+,26-,28-,29-,30+,31-,32+,33+,34+,35-,36-/m1/s1. The van der Waals surface area contributed by atoms with Crippen LogP contribution in [0.25, 0.3) is 0 Å². The Balaban J connectivity index is 1.14. The number of rotatable bonds is 1. The summed E-state index contributed by atoms with van der Waals surface area (Å²) in [7, 11) is 5.83. The molecule has 9 rings (SSSR count). The van der Waals surface area contributed by atoms with Crippen molar-refractivity contribution < 1.29 is 19.7 Å². The number of ether oxygens (including phenoxy) is 1. The number of fused-ring (bicyclic) bond motifs is 9. The predicted molar refractivity (Wildman–Crippen MR) is 173 cm³/mol. The number of aliphatic hydroxyl groups is 2. The Labute approximate surface area is 264 Å². The SMILES string of the molecule is CO[C@@H]1CC(=O)[C@@H]2[C@@H]3[C@H]4C[C@](C)([C@]21O)[C@@]3(C)[C@@]12C[C@H]4CC[C@H]1[C@H]1CSS[C@@H]3CCC[C@@H](O)[C@@H]3Nc3cccc(c3)C[C@H]1C2. The van der Waals surface area contributed by atoms with E-state index in [4.69, 9.17) is 4.74 Å². The Hall–Kier alpha value is -0.730. The molecule has 1 aliphatic heterocycles. The van der Waals surface area contributed by atoms with Gasteiger partial charge in [-0.3, -0.25) is 4.79 Å². The number of hydrogen-bond acceptors (Lipinski definition) is 7. The summed E-state index contributed by atoms with van der Waals surface area (Å²) >= 11 is 0. The molecule has 0 saturated heterocycles. The van der Waals surface area contributed by atoms with E-state index in [1.165, 1.54) is 37.0 Å². The summed E-state index contributed by atoms with van der Waals surface area (Å²) < 4.78 is 5.98. The van der Waals surface area contributed by atoms with E-state index in [2.05, 4.69) is 54.2 Å². The van der Waals surface area contributed by atoms with Crippen LogP contribution in [0.4, 0.5) is 5.69 Å². The molecule has 43 heavy (non-hydrogen) atoms. The van der Waals surface area contributed by atoms with Crippen molar-refractivity contribution in [2.45, 2.75) is 107 Å². The van der Waals surface area contributed by atoms with E-state index in [9.17, 15) is 15.0 Å². The van der Waals surface area contributed by atoms with Gasteiger partial charge in [0.1, 0.15) is 11.4 Å². The molecule has 15 atom stereocenters. The summed E-state index contributed by atoms with van der Waals surface area (Å²) in [5.74, 6) is 4.63. The van der Waals surface area contributed by atoms with Gasteiger partial charge in [-0.1, -0.05) is 47.6 Å². The van der Waals surface area contributed by atoms with E-state index < -0.39 is 5.60 Å². The number of carbonyl (C=O) groups is 1. The molecule has 7 saturated carbocycles. The third kappa shape index (κ3) is 3.33. The van der Waals surface area contributed by atoms with E-state index >= 15 is 0 Å². The first-order valence-corrected chi connectivity index (χ1v) is 19.6. The van der Waals surface area contributed by atoms with Gasteiger partial charge in [0.2, 0.25) is 0 Å². The third-order valence-corrected chi connectivity index (χ3v) is 18.7. The number of benzene rings is 1. The summed E-state index contributed by atoms with van der Waals surface area (Å²) in [6, 6.07) is 9.17. The van der Waals surface area contributed by atoms with Crippen LogP contribution in [-0.4, -0.2) is 58.0 Å². The van der Waals surface area contributed by atoms with Crippen LogP contribution in [0.3, 0.4) is 0 Å². The highest BCUT2D eigenvalue weighted by Gasteiger charge is 2.89. The van der Waals surface area contributed by atoms with Gasteiger partial charge in [-0.2, -0.15) is 0 Å². The molecule has 0 aromatic heterocycles. The van der Waals surface area contributed by atoms with Crippen LogP contribution >= 0.6 is 21.6 Å². The maximum Gasteiger partial charge on any atom is 0.141 e. The molecule has 7 heteroatoms. The molecule has 7 aliphatic carbocycles. The average Bonchev–Trinajstić information content (AvgIpc) is 3.56. The highest BCUT2D eigenvalue weighted by Crippen LogP contribution is 2.89. The molecule has 3 N–H and O–H groups in total. The number of carbonyl (C=O) groups excluding carboxylic acids is 1. The molecule has 1 aromatic carbocycles. The summed E-state index contributed by atoms with van der Waals surface area (Å²) in [5, 5.41) is 28.0. The third-order valence-electron chi connectivity index (χ3n) is 15.7. The van der Waals surface area contributed by atoms with Gasteiger partial charge in [0.25, 0.3) is 0 Å². The summed E-state index contributed by atoms with van der Waals surface area (Å²) in [4.78, 5) is 13.8. The number of Topliss-reactive ketones (excluding diaryl/α,β-unsaturated/α-hetero) is 1. The zero-order chi connectivity index (χ0) is 29.5. The van der Waals surface area contributed by atoms with Crippen molar-refractivity contribution >= 4 is 33.1 Å². The molecule has 1 heterocycles. The Morgan fingerprint density at radius 1 is 1.02 bits per heavy atom. The van der Waals surface area contributed by atoms with Gasteiger partial charge in [0.15, 0.2) is 0 Å². The van der Waals surface area contributed by atoms with Crippen LogP contribution in [0.1, 0.15) is 77.2 Å². The molecule has 234 valence electrons. The van der Waals surface area contributed by atoms with Crippen molar-refractivity contribution in [1.29, 1.82) is 0 Å². The molecule has 0 radical (unpaired) electrons. The van der Waals surface area contributed by atoms with Gasteiger partial charge < -0.3 is 20.3 Å². The van der Waals surface area contributed by atoms with Gasteiger partial charge in [0.05, 0.1) is 24.2 Å². The molecule has 1 aromatic rings. The molecular weight excluding hydrogens is 575 g/mol. The second-order valence-corrected chi connectivity index (χ2v) is 19.2. The fourth-order valence-electron chi connectivity index (χ4n) is 14.2. The summed E-state index contributed by atoms with van der Waals surface area (Å²) in [6.07, 6.45) is 10.1. The summed E-state index contributed by atoms with van der Waals surface area (Å²) in [5.41, 5.74) is 1.33. The molecule has 1 spiro atoms. The summed E-state index contributed by atoms with van der Waals surface area (Å²) in [6.45, 7) is 4.97. The fourth-order valence-corrected chi connectivity index (χ4v) is 17.6. The Kier molecular flexibility index (Phi) is 6.24. The minimum absolute atomic E-state index is 0.0563. The number of ketones is 1. The highest BCUT2D eigenvalue weighted by molar-refractivity contribution is 8.77. The van der Waals surface area contributed by atoms with Crippen LogP contribution in [0.2, 0.25) is 0 Å². The maximum absolute atomic E-state index is 13.8. The van der Waals surface area contributed by atoms with Crippen LogP contribution < -0.4 is 5.32 Å². The molecule has 8 bridgehead atoms. The number of methoxy groups -OCH3 is 1. The second-order valence-electron chi connectivity index (χ2n) is 16.6. The second kappa shape index (κ2) is 9.42. The molecule has 5 nitrogen and oxygen atoms in total. The van der Waals surface area contributed by atoms with Gasteiger partial charge in [0, 0.05) is 35.6 Å². The normalized spacial score (nSPS) is 56.2. The number of hydrogen-bond donors (Lipinski definition) is 3.